The molecule has 0 aliphatic heterocycles. The van der Waals surface area contributed by atoms with Gasteiger partial charge in [0.2, 0.25) is 5.91 Å². The van der Waals surface area contributed by atoms with Crippen LogP contribution in [-0.2, 0) is 11.2 Å². The van der Waals surface area contributed by atoms with Crippen molar-refractivity contribution in [2.24, 2.45) is 5.73 Å². The van der Waals surface area contributed by atoms with Crippen LogP contribution in [0.25, 0.3) is 0 Å². The van der Waals surface area contributed by atoms with Crippen molar-refractivity contribution in [1.82, 2.24) is 5.32 Å². The first-order valence-electron chi connectivity index (χ1n) is 8.46. The Morgan fingerprint density at radius 1 is 1.08 bits per heavy atom. The molecule has 0 aromatic heterocycles. The van der Waals surface area contributed by atoms with Gasteiger partial charge in [-0.1, -0.05) is 37.3 Å². The average molecular weight is 339 g/mol. The molecule has 1 atom stereocenters. The predicted molar refractivity (Wildman–Crippen MR) is 101 cm³/mol. The Morgan fingerprint density at radius 2 is 1.72 bits per heavy atom. The van der Waals surface area contributed by atoms with Gasteiger partial charge < -0.3 is 16.0 Å². The van der Waals surface area contributed by atoms with Crippen molar-refractivity contribution in [3.8, 4) is 0 Å². The SMILES string of the molecule is CCCN(C)c1ccc(C(=O)NC(Cc2ccccc2)C(N)=O)cc1. The number of nitrogens with two attached hydrogens (primary N) is 1. The van der Waals surface area contributed by atoms with E-state index in [1.807, 2.05) is 49.5 Å². The number of nitrogens with zero attached hydrogens (tertiary/aromatic N) is 1. The molecule has 2 aromatic rings. The Bertz CT molecular complexity index is 699. The van der Waals surface area contributed by atoms with Crippen LogP contribution in [0.2, 0.25) is 0 Å². The summed E-state index contributed by atoms with van der Waals surface area (Å²) in [6, 6.07) is 16.1. The molecular weight excluding hydrogens is 314 g/mol. The number of carbonyl (C=O) groups is 2. The average Bonchev–Trinajstić information content (AvgIpc) is 2.62. The summed E-state index contributed by atoms with van der Waals surface area (Å²) in [6.45, 7) is 3.07. The molecule has 2 aromatic carbocycles. The Morgan fingerprint density at radius 3 is 2.28 bits per heavy atom. The molecule has 0 radical (unpaired) electrons. The topological polar surface area (TPSA) is 75.4 Å². The van der Waals surface area contributed by atoms with Gasteiger partial charge in [0.25, 0.3) is 5.91 Å². The van der Waals surface area contributed by atoms with Gasteiger partial charge in [0.15, 0.2) is 0 Å². The first kappa shape index (κ1) is 18.5. The van der Waals surface area contributed by atoms with E-state index in [1.165, 1.54) is 0 Å². The highest BCUT2D eigenvalue weighted by atomic mass is 16.2. The minimum atomic E-state index is -0.739. The smallest absolute Gasteiger partial charge is 0.251 e. The Balaban J connectivity index is 2.04. The summed E-state index contributed by atoms with van der Waals surface area (Å²) in [7, 11) is 2.02. The quantitative estimate of drug-likeness (QED) is 0.775. The lowest BCUT2D eigenvalue weighted by atomic mass is 10.0. The van der Waals surface area contributed by atoms with Gasteiger partial charge in [0, 0.05) is 31.3 Å². The molecule has 0 aliphatic carbocycles. The number of hydrogen-bond acceptors (Lipinski definition) is 3. The second-order valence-corrected chi connectivity index (χ2v) is 6.09. The number of rotatable bonds is 8. The fourth-order valence-electron chi connectivity index (χ4n) is 2.65. The van der Waals surface area contributed by atoms with Crippen LogP contribution in [-0.4, -0.2) is 31.4 Å². The standard InChI is InChI=1S/C20H25N3O2/c1-3-13-23(2)17-11-9-16(10-12-17)20(25)22-18(19(21)24)14-15-7-5-4-6-8-15/h4-12,18H,3,13-14H2,1-2H3,(H2,21,24)(H,22,25). The molecule has 2 amide bonds. The summed E-state index contributed by atoms with van der Waals surface area (Å²) in [5.74, 6) is -0.846. The zero-order valence-corrected chi connectivity index (χ0v) is 14.7. The lowest BCUT2D eigenvalue weighted by Gasteiger charge is -2.19. The second kappa shape index (κ2) is 8.87. The normalized spacial score (nSPS) is 11.6. The summed E-state index contributed by atoms with van der Waals surface area (Å²) in [6.07, 6.45) is 1.43. The lowest BCUT2D eigenvalue weighted by Crippen LogP contribution is -2.45. The maximum Gasteiger partial charge on any atom is 0.251 e. The van der Waals surface area contributed by atoms with E-state index >= 15 is 0 Å². The van der Waals surface area contributed by atoms with Crippen LogP contribution >= 0.6 is 0 Å². The fraction of sp³-hybridized carbons (Fsp3) is 0.300. The highest BCUT2D eigenvalue weighted by Crippen LogP contribution is 2.14. The summed E-state index contributed by atoms with van der Waals surface area (Å²) >= 11 is 0. The maximum atomic E-state index is 12.4. The molecule has 5 nitrogen and oxygen atoms in total. The zero-order chi connectivity index (χ0) is 18.2. The van der Waals surface area contributed by atoms with Crippen LogP contribution in [0.5, 0.6) is 0 Å². The first-order chi connectivity index (χ1) is 12.0. The highest BCUT2D eigenvalue weighted by Gasteiger charge is 2.19. The third-order valence-electron chi connectivity index (χ3n) is 4.06. The molecule has 0 spiro atoms. The molecule has 0 heterocycles. The van der Waals surface area contributed by atoms with E-state index in [9.17, 15) is 9.59 Å². The van der Waals surface area contributed by atoms with E-state index < -0.39 is 11.9 Å². The van der Waals surface area contributed by atoms with Crippen LogP contribution in [0.15, 0.2) is 54.6 Å². The van der Waals surface area contributed by atoms with Crippen molar-refractivity contribution in [2.75, 3.05) is 18.5 Å². The van der Waals surface area contributed by atoms with Crippen molar-refractivity contribution >= 4 is 17.5 Å². The van der Waals surface area contributed by atoms with Crippen molar-refractivity contribution in [2.45, 2.75) is 25.8 Å². The molecule has 0 bridgehead atoms. The number of primary amides is 1. The van der Waals surface area contributed by atoms with Gasteiger partial charge in [-0.25, -0.2) is 0 Å². The maximum absolute atomic E-state index is 12.4. The summed E-state index contributed by atoms with van der Waals surface area (Å²) < 4.78 is 0. The van der Waals surface area contributed by atoms with E-state index in [-0.39, 0.29) is 5.91 Å². The number of nitrogens with one attached hydrogen (secondary N) is 1. The molecule has 132 valence electrons. The van der Waals surface area contributed by atoms with Gasteiger partial charge in [-0.2, -0.15) is 0 Å². The van der Waals surface area contributed by atoms with Crippen molar-refractivity contribution < 1.29 is 9.59 Å². The summed E-state index contributed by atoms with van der Waals surface area (Å²) in [5.41, 5.74) is 7.95. The monoisotopic (exact) mass is 339 g/mol. The number of amides is 2. The van der Waals surface area contributed by atoms with Crippen LogP contribution in [0.3, 0.4) is 0 Å². The van der Waals surface area contributed by atoms with Crippen molar-refractivity contribution in [3.63, 3.8) is 0 Å². The molecular formula is C20H25N3O2. The van der Waals surface area contributed by atoms with Crippen LogP contribution in [0.1, 0.15) is 29.3 Å². The largest absolute Gasteiger partial charge is 0.375 e. The van der Waals surface area contributed by atoms with Crippen LogP contribution < -0.4 is 16.0 Å². The lowest BCUT2D eigenvalue weighted by molar-refractivity contribution is -0.119. The second-order valence-electron chi connectivity index (χ2n) is 6.09. The van der Waals surface area contributed by atoms with E-state index in [1.54, 1.807) is 12.1 Å². The third kappa shape index (κ3) is 5.35. The van der Waals surface area contributed by atoms with Crippen LogP contribution in [0, 0.1) is 0 Å². The molecule has 5 heteroatoms. The van der Waals surface area contributed by atoms with Gasteiger partial charge in [-0.05, 0) is 36.2 Å². The molecule has 0 aliphatic rings. The molecule has 0 saturated carbocycles. The molecule has 0 fully saturated rings. The highest BCUT2D eigenvalue weighted by molar-refractivity contribution is 5.97. The van der Waals surface area contributed by atoms with Gasteiger partial charge in [0.1, 0.15) is 6.04 Å². The molecule has 0 saturated heterocycles. The zero-order valence-electron chi connectivity index (χ0n) is 14.7. The first-order valence-corrected chi connectivity index (χ1v) is 8.46. The van der Waals surface area contributed by atoms with E-state index in [2.05, 4.69) is 17.1 Å². The molecule has 25 heavy (non-hydrogen) atoms. The number of carbonyl (C=O) groups excluding carboxylic acids is 2. The summed E-state index contributed by atoms with van der Waals surface area (Å²) in [4.78, 5) is 26.2. The van der Waals surface area contributed by atoms with Gasteiger partial charge in [-0.3, -0.25) is 9.59 Å². The van der Waals surface area contributed by atoms with E-state index in [0.717, 1.165) is 24.2 Å². The molecule has 3 N–H and O–H groups in total. The minimum Gasteiger partial charge on any atom is -0.375 e. The Hall–Kier alpha value is -2.82. The van der Waals surface area contributed by atoms with Crippen LogP contribution in [0.4, 0.5) is 5.69 Å². The van der Waals surface area contributed by atoms with Crippen molar-refractivity contribution in [1.29, 1.82) is 0 Å². The van der Waals surface area contributed by atoms with E-state index in [0.29, 0.717) is 12.0 Å². The number of benzene rings is 2. The van der Waals surface area contributed by atoms with E-state index in [4.69, 9.17) is 5.73 Å². The predicted octanol–water partition coefficient (Wildman–Crippen LogP) is 2.36. The molecule has 2 rings (SSSR count). The Labute approximate surface area is 148 Å². The van der Waals surface area contributed by atoms with Gasteiger partial charge in [-0.15, -0.1) is 0 Å². The third-order valence-corrected chi connectivity index (χ3v) is 4.06. The Kier molecular flexibility index (Phi) is 6.57. The minimum absolute atomic E-state index is 0.301. The van der Waals surface area contributed by atoms with Crippen molar-refractivity contribution in [3.05, 3.63) is 65.7 Å². The summed E-state index contributed by atoms with van der Waals surface area (Å²) in [5, 5.41) is 2.73. The number of hydrogen-bond donors (Lipinski definition) is 2. The fourth-order valence-corrected chi connectivity index (χ4v) is 2.65. The molecule has 1 unspecified atom stereocenters. The number of anilines is 1. The van der Waals surface area contributed by atoms with Gasteiger partial charge in [0.05, 0.1) is 0 Å². The van der Waals surface area contributed by atoms with Gasteiger partial charge >= 0.3 is 0 Å².